The maximum absolute atomic E-state index is 13.5. The second-order valence-corrected chi connectivity index (χ2v) is 4.27. The van der Waals surface area contributed by atoms with Crippen molar-refractivity contribution in [3.8, 4) is 0 Å². The second-order valence-electron chi connectivity index (χ2n) is 3.39. The summed E-state index contributed by atoms with van der Waals surface area (Å²) >= 11 is 1.61. The smallest absolute Gasteiger partial charge is 0.239 e. The van der Waals surface area contributed by atoms with Crippen molar-refractivity contribution < 1.29 is 4.39 Å². The molecule has 18 heavy (non-hydrogen) atoms. The van der Waals surface area contributed by atoms with E-state index in [0.29, 0.717) is 0 Å². The molecule has 1 aromatic carbocycles. The fourth-order valence-corrected chi connectivity index (χ4v) is 1.82. The molecule has 0 aliphatic carbocycles. The van der Waals surface area contributed by atoms with E-state index >= 15 is 0 Å². The molecule has 7 heteroatoms. The Morgan fingerprint density at radius 1 is 1.39 bits per heavy atom. The Kier molecular flexibility index (Phi) is 3.96. The number of thioether (sulfide) groups is 1. The summed E-state index contributed by atoms with van der Waals surface area (Å²) in [5, 5.41) is 2.89. The van der Waals surface area contributed by atoms with Crippen molar-refractivity contribution in [1.29, 1.82) is 0 Å². The number of aromatic nitrogens is 2. The fourth-order valence-electron chi connectivity index (χ4n) is 1.36. The number of anilines is 3. The minimum atomic E-state index is -0.538. The normalized spacial score (nSPS) is 10.2. The molecule has 0 saturated carbocycles. The number of benzene rings is 1. The van der Waals surface area contributed by atoms with Crippen LogP contribution in [0.3, 0.4) is 0 Å². The SMILES string of the molecule is CSc1cccc(Nc2nc(NN)ncc2F)c1. The minimum Gasteiger partial charge on any atom is -0.338 e. The largest absolute Gasteiger partial charge is 0.338 e. The number of hydrogen-bond acceptors (Lipinski definition) is 6. The number of nitrogens with zero attached hydrogens (tertiary/aromatic N) is 2. The molecule has 0 unspecified atom stereocenters. The van der Waals surface area contributed by atoms with Gasteiger partial charge in [0.05, 0.1) is 6.20 Å². The number of nitrogens with two attached hydrogens (primary N) is 1. The van der Waals surface area contributed by atoms with Crippen LogP contribution >= 0.6 is 11.8 Å². The highest BCUT2D eigenvalue weighted by molar-refractivity contribution is 7.98. The van der Waals surface area contributed by atoms with Crippen LogP contribution in [0.1, 0.15) is 0 Å². The Morgan fingerprint density at radius 2 is 2.22 bits per heavy atom. The van der Waals surface area contributed by atoms with Gasteiger partial charge in [0.15, 0.2) is 11.6 Å². The van der Waals surface area contributed by atoms with Gasteiger partial charge in [-0.3, -0.25) is 5.43 Å². The zero-order valence-corrected chi connectivity index (χ0v) is 10.5. The predicted molar refractivity (Wildman–Crippen MR) is 71.3 cm³/mol. The third-order valence-corrected chi connectivity index (χ3v) is 2.93. The summed E-state index contributed by atoms with van der Waals surface area (Å²) < 4.78 is 13.5. The van der Waals surface area contributed by atoms with Crippen LogP contribution in [-0.2, 0) is 0 Å². The topological polar surface area (TPSA) is 75.9 Å². The number of hydrazine groups is 1. The summed E-state index contributed by atoms with van der Waals surface area (Å²) in [4.78, 5) is 8.64. The Bertz CT molecular complexity index is 549. The van der Waals surface area contributed by atoms with E-state index in [1.54, 1.807) is 11.8 Å². The maximum atomic E-state index is 13.5. The molecule has 0 spiro atoms. The number of nitrogen functional groups attached to an aromatic ring is 1. The Morgan fingerprint density at radius 3 is 2.94 bits per heavy atom. The van der Waals surface area contributed by atoms with Gasteiger partial charge in [-0.2, -0.15) is 4.98 Å². The van der Waals surface area contributed by atoms with Gasteiger partial charge in [-0.05, 0) is 24.5 Å². The lowest BCUT2D eigenvalue weighted by Gasteiger charge is -2.08. The van der Waals surface area contributed by atoms with E-state index in [1.807, 2.05) is 30.5 Å². The van der Waals surface area contributed by atoms with Crippen molar-refractivity contribution in [3.05, 3.63) is 36.3 Å². The van der Waals surface area contributed by atoms with Gasteiger partial charge in [-0.1, -0.05) is 6.07 Å². The molecule has 0 aliphatic heterocycles. The molecule has 0 radical (unpaired) electrons. The molecule has 1 heterocycles. The van der Waals surface area contributed by atoms with Crippen LogP contribution < -0.4 is 16.6 Å². The van der Waals surface area contributed by atoms with Crippen LogP contribution in [0.25, 0.3) is 0 Å². The van der Waals surface area contributed by atoms with E-state index in [9.17, 15) is 4.39 Å². The summed E-state index contributed by atoms with van der Waals surface area (Å²) in [5.74, 6) is 4.87. The first-order valence-electron chi connectivity index (χ1n) is 5.13. The number of nitrogens with one attached hydrogen (secondary N) is 2. The number of rotatable bonds is 4. The quantitative estimate of drug-likeness (QED) is 0.447. The molecule has 2 rings (SSSR count). The average molecular weight is 265 g/mol. The van der Waals surface area contributed by atoms with E-state index in [2.05, 4.69) is 20.7 Å². The molecule has 0 aliphatic rings. The Hall–Kier alpha value is -1.86. The highest BCUT2D eigenvalue weighted by atomic mass is 32.2. The summed E-state index contributed by atoms with van der Waals surface area (Å²) in [6.07, 6.45) is 3.03. The van der Waals surface area contributed by atoms with Crippen molar-refractivity contribution in [3.63, 3.8) is 0 Å². The van der Waals surface area contributed by atoms with Crippen LogP contribution in [0.4, 0.5) is 21.8 Å². The van der Waals surface area contributed by atoms with Crippen molar-refractivity contribution >= 4 is 29.2 Å². The molecular weight excluding hydrogens is 253 g/mol. The van der Waals surface area contributed by atoms with Crippen LogP contribution in [0.5, 0.6) is 0 Å². The highest BCUT2D eigenvalue weighted by Crippen LogP contribution is 2.22. The summed E-state index contributed by atoms with van der Waals surface area (Å²) in [7, 11) is 0. The van der Waals surface area contributed by atoms with Gasteiger partial charge in [0.2, 0.25) is 5.95 Å². The van der Waals surface area contributed by atoms with Gasteiger partial charge in [-0.15, -0.1) is 11.8 Å². The van der Waals surface area contributed by atoms with E-state index in [-0.39, 0.29) is 11.8 Å². The molecule has 0 atom stereocenters. The third kappa shape index (κ3) is 2.88. The van der Waals surface area contributed by atoms with Gasteiger partial charge < -0.3 is 5.32 Å². The van der Waals surface area contributed by atoms with Gasteiger partial charge in [0.1, 0.15) is 0 Å². The highest BCUT2D eigenvalue weighted by Gasteiger charge is 2.06. The fraction of sp³-hybridized carbons (Fsp3) is 0.0909. The lowest BCUT2D eigenvalue weighted by Crippen LogP contribution is -2.11. The monoisotopic (exact) mass is 265 g/mol. The van der Waals surface area contributed by atoms with Crippen LogP contribution in [0.2, 0.25) is 0 Å². The molecule has 5 nitrogen and oxygen atoms in total. The summed E-state index contributed by atoms with van der Waals surface area (Å²) in [5.41, 5.74) is 3.02. The van der Waals surface area contributed by atoms with Crippen LogP contribution in [-0.4, -0.2) is 16.2 Å². The van der Waals surface area contributed by atoms with E-state index < -0.39 is 5.82 Å². The molecule has 94 valence electrons. The molecule has 4 N–H and O–H groups in total. The molecule has 2 aromatic rings. The molecule has 0 fully saturated rings. The first-order chi connectivity index (χ1) is 8.72. The molecule has 0 saturated heterocycles. The van der Waals surface area contributed by atoms with Gasteiger partial charge in [-0.25, -0.2) is 15.2 Å². The first kappa shape index (κ1) is 12.6. The van der Waals surface area contributed by atoms with E-state index in [4.69, 9.17) is 5.84 Å². The van der Waals surface area contributed by atoms with E-state index in [0.717, 1.165) is 16.8 Å². The van der Waals surface area contributed by atoms with Gasteiger partial charge in [0, 0.05) is 10.6 Å². The Balaban J connectivity index is 2.27. The zero-order valence-electron chi connectivity index (χ0n) is 9.64. The van der Waals surface area contributed by atoms with Crippen LogP contribution in [0.15, 0.2) is 35.4 Å². The van der Waals surface area contributed by atoms with Gasteiger partial charge >= 0.3 is 0 Å². The lowest BCUT2D eigenvalue weighted by molar-refractivity contribution is 0.619. The lowest BCUT2D eigenvalue weighted by atomic mass is 10.3. The molecule has 0 bridgehead atoms. The molecule has 0 amide bonds. The number of halogens is 1. The predicted octanol–water partition coefficient (Wildman–Crippen LogP) is 2.37. The van der Waals surface area contributed by atoms with Gasteiger partial charge in [0.25, 0.3) is 0 Å². The number of hydrogen-bond donors (Lipinski definition) is 3. The minimum absolute atomic E-state index is 0.0798. The summed E-state index contributed by atoms with van der Waals surface area (Å²) in [6.45, 7) is 0. The molecule has 1 aromatic heterocycles. The van der Waals surface area contributed by atoms with E-state index in [1.165, 1.54) is 0 Å². The van der Waals surface area contributed by atoms with Crippen molar-refractivity contribution in [2.24, 2.45) is 5.84 Å². The van der Waals surface area contributed by atoms with Crippen molar-refractivity contribution in [2.75, 3.05) is 17.0 Å². The van der Waals surface area contributed by atoms with Crippen LogP contribution in [0, 0.1) is 5.82 Å². The molecular formula is C11H12FN5S. The Labute approximate surface area is 108 Å². The first-order valence-corrected chi connectivity index (χ1v) is 6.35. The summed E-state index contributed by atoms with van der Waals surface area (Å²) in [6, 6.07) is 7.59. The maximum Gasteiger partial charge on any atom is 0.239 e. The third-order valence-electron chi connectivity index (χ3n) is 2.21. The van der Waals surface area contributed by atoms with Crippen molar-refractivity contribution in [1.82, 2.24) is 9.97 Å². The zero-order chi connectivity index (χ0) is 13.0. The second kappa shape index (κ2) is 5.65. The van der Waals surface area contributed by atoms with Crippen molar-refractivity contribution in [2.45, 2.75) is 4.90 Å². The standard InChI is InChI=1S/C11H12FN5S/c1-18-8-4-2-3-7(5-8)15-10-9(12)6-14-11(16-10)17-13/h2-6H,13H2,1H3,(H2,14,15,16,17). The average Bonchev–Trinajstić information content (AvgIpc) is 2.41.